The third kappa shape index (κ3) is 5.80. The summed E-state index contributed by atoms with van der Waals surface area (Å²) in [5.41, 5.74) is 1.63. The molecule has 0 atom stereocenters. The molecule has 0 aromatic heterocycles. The standard InChI is InChI=1S/C26H20BrFN2O4S/c1-2-30-24(31)23(35-26(30)29-20-8-5-7-16(13-20)25(32)33)14-18-12-19(27)10-11-22(18)34-15-17-6-3-4-9-21(17)28/h3-14H,2,15H2,1H3,(H,32,33)/b23-14-,29-26?. The van der Waals surface area contributed by atoms with E-state index in [0.29, 0.717) is 39.2 Å². The summed E-state index contributed by atoms with van der Waals surface area (Å²) in [6.45, 7) is 2.28. The Kier molecular flexibility index (Phi) is 7.67. The number of aliphatic imine (C=N–C) groups is 1. The maximum atomic E-state index is 14.0. The number of hydrogen-bond donors (Lipinski definition) is 1. The number of amidine groups is 1. The molecule has 1 fully saturated rings. The summed E-state index contributed by atoms with van der Waals surface area (Å²) < 4.78 is 20.7. The van der Waals surface area contributed by atoms with Crippen molar-refractivity contribution in [2.24, 2.45) is 4.99 Å². The summed E-state index contributed by atoms with van der Waals surface area (Å²) in [4.78, 5) is 30.9. The lowest BCUT2D eigenvalue weighted by Crippen LogP contribution is -2.28. The molecule has 0 radical (unpaired) electrons. The van der Waals surface area contributed by atoms with Gasteiger partial charge < -0.3 is 9.84 Å². The van der Waals surface area contributed by atoms with Gasteiger partial charge in [-0.1, -0.05) is 40.2 Å². The number of carbonyl (C=O) groups excluding carboxylic acids is 1. The van der Waals surface area contributed by atoms with E-state index < -0.39 is 5.97 Å². The average Bonchev–Trinajstić information content (AvgIpc) is 3.13. The minimum absolute atomic E-state index is 0.0410. The number of ether oxygens (including phenoxy) is 1. The van der Waals surface area contributed by atoms with Crippen LogP contribution in [0.2, 0.25) is 0 Å². The molecule has 1 heterocycles. The molecule has 1 saturated heterocycles. The van der Waals surface area contributed by atoms with Crippen molar-refractivity contribution in [3.8, 4) is 5.75 Å². The first-order chi connectivity index (χ1) is 16.9. The van der Waals surface area contributed by atoms with Gasteiger partial charge in [0.25, 0.3) is 5.91 Å². The lowest BCUT2D eigenvalue weighted by Gasteiger charge is -2.12. The number of rotatable bonds is 7. The van der Waals surface area contributed by atoms with Gasteiger partial charge in [0.05, 0.1) is 16.2 Å². The maximum absolute atomic E-state index is 14.0. The van der Waals surface area contributed by atoms with Crippen LogP contribution >= 0.6 is 27.7 Å². The monoisotopic (exact) mass is 554 g/mol. The number of benzene rings is 3. The molecule has 0 spiro atoms. The Hall–Kier alpha value is -3.43. The number of amides is 1. The van der Waals surface area contributed by atoms with Crippen LogP contribution in [0.15, 0.2) is 81.1 Å². The minimum Gasteiger partial charge on any atom is -0.488 e. The Morgan fingerprint density at radius 3 is 2.71 bits per heavy atom. The van der Waals surface area contributed by atoms with E-state index in [2.05, 4.69) is 20.9 Å². The Bertz CT molecular complexity index is 1360. The van der Waals surface area contributed by atoms with E-state index in [4.69, 9.17) is 4.74 Å². The summed E-state index contributed by atoms with van der Waals surface area (Å²) >= 11 is 4.65. The lowest BCUT2D eigenvalue weighted by atomic mass is 10.1. The molecule has 35 heavy (non-hydrogen) atoms. The van der Waals surface area contributed by atoms with Crippen molar-refractivity contribution in [1.82, 2.24) is 4.90 Å². The number of carboxylic acids is 1. The Balaban J connectivity index is 1.63. The molecule has 1 amide bonds. The smallest absolute Gasteiger partial charge is 0.335 e. The summed E-state index contributed by atoms with van der Waals surface area (Å²) in [6.07, 6.45) is 1.72. The summed E-state index contributed by atoms with van der Waals surface area (Å²) in [6, 6.07) is 18.0. The van der Waals surface area contributed by atoms with Crippen LogP contribution in [0.1, 0.15) is 28.4 Å². The zero-order chi connectivity index (χ0) is 24.9. The highest BCUT2D eigenvalue weighted by Crippen LogP contribution is 2.36. The SMILES string of the molecule is CCN1C(=O)/C(=C/c2cc(Br)ccc2OCc2ccccc2F)SC1=Nc1cccc(C(=O)O)c1. The summed E-state index contributed by atoms with van der Waals surface area (Å²) in [5, 5.41) is 9.69. The lowest BCUT2D eigenvalue weighted by molar-refractivity contribution is -0.122. The first kappa shape index (κ1) is 24.7. The predicted molar refractivity (Wildman–Crippen MR) is 138 cm³/mol. The maximum Gasteiger partial charge on any atom is 0.335 e. The van der Waals surface area contributed by atoms with Crippen molar-refractivity contribution in [2.75, 3.05) is 6.54 Å². The van der Waals surface area contributed by atoms with Gasteiger partial charge in [0.1, 0.15) is 18.2 Å². The Labute approximate surface area is 214 Å². The molecule has 0 saturated carbocycles. The molecule has 178 valence electrons. The van der Waals surface area contributed by atoms with Gasteiger partial charge in [-0.2, -0.15) is 0 Å². The number of likely N-dealkylation sites (N-methyl/N-ethyl adjacent to an activating group) is 1. The molecule has 6 nitrogen and oxygen atoms in total. The minimum atomic E-state index is -1.05. The number of nitrogens with zero attached hydrogens (tertiary/aromatic N) is 2. The van der Waals surface area contributed by atoms with Crippen molar-refractivity contribution in [2.45, 2.75) is 13.5 Å². The van der Waals surface area contributed by atoms with Gasteiger partial charge in [-0.3, -0.25) is 9.69 Å². The van der Waals surface area contributed by atoms with Crippen LogP contribution in [-0.4, -0.2) is 33.6 Å². The number of thioether (sulfide) groups is 1. The molecule has 1 aliphatic rings. The normalized spacial score (nSPS) is 15.7. The van der Waals surface area contributed by atoms with E-state index >= 15 is 0 Å². The van der Waals surface area contributed by atoms with Crippen LogP contribution in [0.3, 0.4) is 0 Å². The Morgan fingerprint density at radius 2 is 1.97 bits per heavy atom. The highest BCUT2D eigenvalue weighted by molar-refractivity contribution is 9.10. The molecule has 1 aliphatic heterocycles. The van der Waals surface area contributed by atoms with Crippen LogP contribution in [-0.2, 0) is 11.4 Å². The van der Waals surface area contributed by atoms with E-state index in [0.717, 1.165) is 4.47 Å². The average molecular weight is 555 g/mol. The van der Waals surface area contributed by atoms with Crippen molar-refractivity contribution in [1.29, 1.82) is 0 Å². The molecule has 0 aliphatic carbocycles. The second-order valence-electron chi connectivity index (χ2n) is 7.47. The third-order valence-corrected chi connectivity index (χ3v) is 6.62. The van der Waals surface area contributed by atoms with Gasteiger partial charge in [0.2, 0.25) is 0 Å². The van der Waals surface area contributed by atoms with Crippen LogP contribution in [0.25, 0.3) is 6.08 Å². The molecule has 0 bridgehead atoms. The van der Waals surface area contributed by atoms with Crippen LogP contribution in [0, 0.1) is 5.82 Å². The van der Waals surface area contributed by atoms with Crippen LogP contribution in [0.5, 0.6) is 5.75 Å². The molecule has 1 N–H and O–H groups in total. The van der Waals surface area contributed by atoms with Gasteiger partial charge >= 0.3 is 5.97 Å². The van der Waals surface area contributed by atoms with E-state index in [1.54, 1.807) is 42.5 Å². The quantitative estimate of drug-likeness (QED) is 0.337. The first-order valence-corrected chi connectivity index (χ1v) is 12.3. The van der Waals surface area contributed by atoms with Gasteiger partial charge in [-0.25, -0.2) is 14.2 Å². The summed E-state index contributed by atoms with van der Waals surface area (Å²) in [7, 11) is 0. The van der Waals surface area contributed by atoms with Crippen molar-refractivity contribution < 1.29 is 23.8 Å². The van der Waals surface area contributed by atoms with Crippen LogP contribution < -0.4 is 4.74 Å². The fourth-order valence-corrected chi connectivity index (χ4v) is 4.80. The third-order valence-electron chi connectivity index (χ3n) is 5.12. The molecular weight excluding hydrogens is 535 g/mol. The second-order valence-corrected chi connectivity index (χ2v) is 9.40. The molecular formula is C26H20BrFN2O4S. The number of hydrogen-bond acceptors (Lipinski definition) is 5. The number of halogens is 2. The molecule has 3 aromatic rings. The number of aromatic carboxylic acids is 1. The number of carboxylic acid groups (broad SMARTS) is 1. The van der Waals surface area contributed by atoms with Crippen molar-refractivity contribution in [3.05, 3.63) is 98.6 Å². The predicted octanol–water partition coefficient (Wildman–Crippen LogP) is 6.49. The van der Waals surface area contributed by atoms with Gasteiger partial charge in [0, 0.05) is 22.1 Å². The zero-order valence-corrected chi connectivity index (χ0v) is 21.0. The number of carbonyl (C=O) groups is 2. The largest absolute Gasteiger partial charge is 0.488 e. The second kappa shape index (κ2) is 10.9. The molecule has 3 aromatic carbocycles. The van der Waals surface area contributed by atoms with E-state index in [1.165, 1.54) is 34.9 Å². The molecule has 4 rings (SSSR count). The van der Waals surface area contributed by atoms with Gasteiger partial charge in [-0.05, 0) is 67.2 Å². The topological polar surface area (TPSA) is 79.2 Å². The summed E-state index contributed by atoms with van der Waals surface area (Å²) in [5.74, 6) is -1.12. The van der Waals surface area contributed by atoms with Gasteiger partial charge in [-0.15, -0.1) is 0 Å². The van der Waals surface area contributed by atoms with Crippen molar-refractivity contribution in [3.63, 3.8) is 0 Å². The van der Waals surface area contributed by atoms with Crippen molar-refractivity contribution >= 4 is 56.5 Å². The van der Waals surface area contributed by atoms with E-state index in [9.17, 15) is 19.1 Å². The zero-order valence-electron chi connectivity index (χ0n) is 18.6. The molecule has 0 unspecified atom stereocenters. The highest BCUT2D eigenvalue weighted by atomic mass is 79.9. The van der Waals surface area contributed by atoms with Crippen LogP contribution in [0.4, 0.5) is 10.1 Å². The fourth-order valence-electron chi connectivity index (χ4n) is 3.36. The van der Waals surface area contributed by atoms with E-state index in [1.807, 2.05) is 19.1 Å². The first-order valence-electron chi connectivity index (χ1n) is 10.6. The molecule has 9 heteroatoms. The van der Waals surface area contributed by atoms with Gasteiger partial charge in [0.15, 0.2) is 5.17 Å². The fraction of sp³-hybridized carbons (Fsp3) is 0.115. The van der Waals surface area contributed by atoms with E-state index in [-0.39, 0.29) is 23.9 Å². The highest BCUT2D eigenvalue weighted by Gasteiger charge is 2.32. The Morgan fingerprint density at radius 1 is 1.17 bits per heavy atom.